The van der Waals surface area contributed by atoms with Gasteiger partial charge in [-0.25, -0.2) is 12.8 Å². The van der Waals surface area contributed by atoms with Gasteiger partial charge >= 0.3 is 0 Å². The van der Waals surface area contributed by atoms with Gasteiger partial charge in [0.2, 0.25) is 21.8 Å². The fraction of sp³-hybridized carbons (Fsp3) is 0.417. The molecule has 0 heterocycles. The van der Waals surface area contributed by atoms with E-state index in [4.69, 9.17) is 0 Å². The van der Waals surface area contributed by atoms with Crippen LogP contribution in [0.15, 0.2) is 42.5 Å². The predicted octanol–water partition coefficient (Wildman–Crippen LogP) is 3.15. The first kappa shape index (κ1) is 26.3. The Morgan fingerprint density at radius 2 is 1.64 bits per heavy atom. The molecule has 33 heavy (non-hydrogen) atoms. The van der Waals surface area contributed by atoms with Crippen LogP contribution in [0.3, 0.4) is 0 Å². The van der Waals surface area contributed by atoms with Crippen molar-refractivity contribution in [1.29, 1.82) is 0 Å². The summed E-state index contributed by atoms with van der Waals surface area (Å²) in [7, 11) is -3.79. The number of nitrogens with zero attached hydrogens (tertiary/aromatic N) is 2. The highest BCUT2D eigenvalue weighted by atomic mass is 32.2. The van der Waals surface area contributed by atoms with Crippen LogP contribution in [0, 0.1) is 19.7 Å². The van der Waals surface area contributed by atoms with E-state index in [0.717, 1.165) is 17.0 Å². The normalized spacial score (nSPS) is 12.2. The van der Waals surface area contributed by atoms with Crippen LogP contribution >= 0.6 is 0 Å². The van der Waals surface area contributed by atoms with Gasteiger partial charge in [0.15, 0.2) is 0 Å². The van der Waals surface area contributed by atoms with Crippen molar-refractivity contribution >= 4 is 27.5 Å². The topological polar surface area (TPSA) is 86.8 Å². The number of hydrogen-bond donors (Lipinski definition) is 1. The molecule has 1 atom stereocenters. The highest BCUT2D eigenvalue weighted by Crippen LogP contribution is 2.27. The molecule has 0 aliphatic carbocycles. The number of para-hydroxylation sites is 1. The molecule has 0 fully saturated rings. The SMILES string of the molecule is CCCNC(=O)[C@H](C)N(Cc1ccc(F)cc1)C(=O)CN(c1c(C)cccc1C)S(C)(=O)=O. The van der Waals surface area contributed by atoms with E-state index in [1.807, 2.05) is 13.0 Å². The first-order valence-corrected chi connectivity index (χ1v) is 12.7. The zero-order chi connectivity index (χ0) is 24.8. The molecule has 0 radical (unpaired) electrons. The fourth-order valence-electron chi connectivity index (χ4n) is 3.54. The zero-order valence-corrected chi connectivity index (χ0v) is 20.6. The third-order valence-corrected chi connectivity index (χ3v) is 6.46. The van der Waals surface area contributed by atoms with Gasteiger partial charge < -0.3 is 10.2 Å². The second kappa shape index (κ2) is 11.3. The minimum absolute atomic E-state index is 0.0319. The molecule has 0 aliphatic heterocycles. The molecule has 2 aromatic carbocycles. The van der Waals surface area contributed by atoms with Crippen molar-refractivity contribution in [3.63, 3.8) is 0 Å². The number of sulfonamides is 1. The van der Waals surface area contributed by atoms with E-state index in [0.29, 0.717) is 28.9 Å². The van der Waals surface area contributed by atoms with Gasteiger partial charge in [0.1, 0.15) is 18.4 Å². The summed E-state index contributed by atoms with van der Waals surface area (Å²) in [5, 5.41) is 2.77. The molecule has 0 saturated carbocycles. The van der Waals surface area contributed by atoms with E-state index in [2.05, 4.69) is 5.32 Å². The monoisotopic (exact) mass is 477 g/mol. The Bertz CT molecular complexity index is 1070. The number of anilines is 1. The molecule has 0 unspecified atom stereocenters. The van der Waals surface area contributed by atoms with Crippen molar-refractivity contribution in [2.24, 2.45) is 0 Å². The summed E-state index contributed by atoms with van der Waals surface area (Å²) < 4.78 is 39.8. The highest BCUT2D eigenvalue weighted by molar-refractivity contribution is 7.92. The van der Waals surface area contributed by atoms with E-state index in [-0.39, 0.29) is 12.5 Å². The van der Waals surface area contributed by atoms with Crippen molar-refractivity contribution in [3.8, 4) is 0 Å². The van der Waals surface area contributed by atoms with Crippen LogP contribution in [-0.2, 0) is 26.2 Å². The number of hydrogen-bond acceptors (Lipinski definition) is 4. The predicted molar refractivity (Wildman–Crippen MR) is 128 cm³/mol. The molecular formula is C24H32FN3O4S. The average molecular weight is 478 g/mol. The Morgan fingerprint density at radius 1 is 1.06 bits per heavy atom. The second-order valence-electron chi connectivity index (χ2n) is 8.13. The Kier molecular flexibility index (Phi) is 8.99. The lowest BCUT2D eigenvalue weighted by atomic mass is 10.1. The van der Waals surface area contributed by atoms with Gasteiger partial charge in [-0.15, -0.1) is 0 Å². The lowest BCUT2D eigenvalue weighted by Gasteiger charge is -2.32. The number of aryl methyl sites for hydroxylation is 2. The van der Waals surface area contributed by atoms with Crippen LogP contribution < -0.4 is 9.62 Å². The molecule has 2 amide bonds. The van der Waals surface area contributed by atoms with Gasteiger partial charge in [0.05, 0.1) is 11.9 Å². The van der Waals surface area contributed by atoms with E-state index in [1.54, 1.807) is 32.9 Å². The standard InChI is InChI=1S/C24H32FN3O4S/c1-6-14-26-24(30)19(4)27(15-20-10-12-21(25)13-11-20)22(29)16-28(33(5,31)32)23-17(2)8-7-9-18(23)3/h7-13,19H,6,14-16H2,1-5H3,(H,26,30)/t19-/m0/s1. The van der Waals surface area contributed by atoms with Crippen LogP contribution in [0.4, 0.5) is 10.1 Å². The maximum absolute atomic E-state index is 13.5. The minimum Gasteiger partial charge on any atom is -0.354 e. The van der Waals surface area contributed by atoms with Crippen LogP contribution in [0.25, 0.3) is 0 Å². The number of rotatable bonds is 10. The van der Waals surface area contributed by atoms with Gasteiger partial charge in [0.25, 0.3) is 0 Å². The van der Waals surface area contributed by atoms with Crippen LogP contribution in [0.5, 0.6) is 0 Å². The van der Waals surface area contributed by atoms with Gasteiger partial charge in [-0.1, -0.05) is 37.3 Å². The Labute approximate surface area is 195 Å². The fourth-order valence-corrected chi connectivity index (χ4v) is 4.50. The summed E-state index contributed by atoms with van der Waals surface area (Å²) in [6, 6.07) is 10.1. The van der Waals surface area contributed by atoms with Crippen molar-refractivity contribution in [1.82, 2.24) is 10.2 Å². The van der Waals surface area contributed by atoms with E-state index in [1.165, 1.54) is 29.2 Å². The third kappa shape index (κ3) is 7.02. The number of halogens is 1. The quantitative estimate of drug-likeness (QED) is 0.570. The molecule has 180 valence electrons. The van der Waals surface area contributed by atoms with Crippen molar-refractivity contribution in [2.75, 3.05) is 23.7 Å². The summed E-state index contributed by atoms with van der Waals surface area (Å²) in [5.74, 6) is -1.29. The van der Waals surface area contributed by atoms with E-state index < -0.39 is 34.3 Å². The van der Waals surface area contributed by atoms with E-state index >= 15 is 0 Å². The second-order valence-corrected chi connectivity index (χ2v) is 10.0. The molecule has 2 aromatic rings. The number of amides is 2. The lowest BCUT2D eigenvalue weighted by Crippen LogP contribution is -2.51. The van der Waals surface area contributed by atoms with Crippen LogP contribution in [0.1, 0.15) is 37.0 Å². The number of carbonyl (C=O) groups excluding carboxylic acids is 2. The van der Waals surface area contributed by atoms with Crippen LogP contribution in [-0.4, -0.2) is 50.5 Å². The van der Waals surface area contributed by atoms with Crippen molar-refractivity contribution < 1.29 is 22.4 Å². The molecule has 0 bridgehead atoms. The maximum Gasteiger partial charge on any atom is 0.244 e. The van der Waals surface area contributed by atoms with Crippen molar-refractivity contribution in [2.45, 2.75) is 46.7 Å². The Hall–Kier alpha value is -2.94. The molecule has 2 rings (SSSR count). The first-order valence-electron chi connectivity index (χ1n) is 10.8. The van der Waals surface area contributed by atoms with Gasteiger partial charge in [-0.3, -0.25) is 13.9 Å². The average Bonchev–Trinajstić information content (AvgIpc) is 2.74. The molecule has 0 aromatic heterocycles. The molecule has 0 saturated heterocycles. The first-order chi connectivity index (χ1) is 15.5. The lowest BCUT2D eigenvalue weighted by molar-refractivity contribution is -0.139. The molecule has 0 spiro atoms. The Balaban J connectivity index is 2.42. The summed E-state index contributed by atoms with van der Waals surface area (Å²) in [4.78, 5) is 27.4. The van der Waals surface area contributed by atoms with Gasteiger partial charge in [-0.2, -0.15) is 0 Å². The van der Waals surface area contributed by atoms with E-state index in [9.17, 15) is 22.4 Å². The summed E-state index contributed by atoms with van der Waals surface area (Å²) >= 11 is 0. The smallest absolute Gasteiger partial charge is 0.244 e. The van der Waals surface area contributed by atoms with Gasteiger partial charge in [0, 0.05) is 13.1 Å². The number of nitrogens with one attached hydrogen (secondary N) is 1. The highest BCUT2D eigenvalue weighted by Gasteiger charge is 2.31. The maximum atomic E-state index is 13.5. The number of benzene rings is 2. The summed E-state index contributed by atoms with van der Waals surface area (Å²) in [6.07, 6.45) is 1.78. The number of carbonyl (C=O) groups is 2. The Morgan fingerprint density at radius 3 is 2.15 bits per heavy atom. The molecule has 9 heteroatoms. The third-order valence-electron chi connectivity index (χ3n) is 5.35. The van der Waals surface area contributed by atoms with Gasteiger partial charge in [-0.05, 0) is 56.0 Å². The summed E-state index contributed by atoms with van der Waals surface area (Å²) in [6.45, 7) is 7.10. The molecule has 0 aliphatic rings. The van der Waals surface area contributed by atoms with Crippen molar-refractivity contribution in [3.05, 3.63) is 65.0 Å². The largest absolute Gasteiger partial charge is 0.354 e. The molecule has 1 N–H and O–H groups in total. The minimum atomic E-state index is -3.79. The summed E-state index contributed by atoms with van der Waals surface area (Å²) in [5.41, 5.74) is 2.50. The molecule has 7 nitrogen and oxygen atoms in total. The molecular weight excluding hydrogens is 445 g/mol. The van der Waals surface area contributed by atoms with Crippen LogP contribution in [0.2, 0.25) is 0 Å². The zero-order valence-electron chi connectivity index (χ0n) is 19.8.